The highest BCUT2D eigenvalue weighted by molar-refractivity contribution is 7.99. The molecule has 0 spiro atoms. The van der Waals surface area contributed by atoms with Gasteiger partial charge in [-0.3, -0.25) is 4.79 Å². The third-order valence-electron chi connectivity index (χ3n) is 2.62. The zero-order chi connectivity index (χ0) is 13.7. The van der Waals surface area contributed by atoms with E-state index in [2.05, 4.69) is 20.4 Å². The van der Waals surface area contributed by atoms with Crippen LogP contribution in [-0.4, -0.2) is 42.5 Å². The molecule has 0 aliphatic heterocycles. The van der Waals surface area contributed by atoms with E-state index in [4.69, 9.17) is 0 Å². The summed E-state index contributed by atoms with van der Waals surface area (Å²) in [5.41, 5.74) is 0. The van der Waals surface area contributed by atoms with Gasteiger partial charge in [0.05, 0.1) is 0 Å². The van der Waals surface area contributed by atoms with Crippen LogP contribution in [-0.2, 0) is 11.8 Å². The first-order chi connectivity index (χ1) is 9.18. The molecule has 102 valence electrons. The number of aromatic nitrogens is 5. The van der Waals surface area contributed by atoms with E-state index in [1.807, 2.05) is 17.8 Å². The van der Waals surface area contributed by atoms with E-state index in [0.717, 1.165) is 10.9 Å². The number of thioether (sulfide) groups is 1. The van der Waals surface area contributed by atoms with Gasteiger partial charge in [-0.15, -0.1) is 0 Å². The number of carbonyl (C=O) groups excluding carboxylic acids is 1. The predicted octanol–water partition coefficient (Wildman–Crippen LogP) is 0.481. The highest BCUT2D eigenvalue weighted by Gasteiger charge is 2.14. The molecule has 2 heterocycles. The summed E-state index contributed by atoms with van der Waals surface area (Å²) in [5, 5.41) is 7.75. The lowest BCUT2D eigenvalue weighted by molar-refractivity contribution is -0.124. The van der Waals surface area contributed by atoms with E-state index < -0.39 is 0 Å². The van der Waals surface area contributed by atoms with Crippen LogP contribution in [0.4, 0.5) is 0 Å². The van der Waals surface area contributed by atoms with Crippen molar-refractivity contribution in [2.45, 2.75) is 18.1 Å². The Morgan fingerprint density at radius 3 is 3.05 bits per heavy atom. The normalized spacial score (nSPS) is 12.3. The van der Waals surface area contributed by atoms with Crippen LogP contribution >= 0.6 is 11.8 Å². The monoisotopic (exact) mass is 280 g/mol. The summed E-state index contributed by atoms with van der Waals surface area (Å²) in [4.78, 5) is 19.9. The van der Waals surface area contributed by atoms with Gasteiger partial charge >= 0.3 is 0 Å². The number of amides is 1. The first kappa shape index (κ1) is 13.6. The van der Waals surface area contributed by atoms with Crippen LogP contribution in [0.25, 0.3) is 0 Å². The number of hydrogen-bond acceptors (Lipinski definition) is 5. The van der Waals surface area contributed by atoms with Gasteiger partial charge in [-0.2, -0.15) is 5.10 Å². The van der Waals surface area contributed by atoms with Crippen LogP contribution in [0.1, 0.15) is 13.0 Å². The van der Waals surface area contributed by atoms with Crippen molar-refractivity contribution in [3.05, 3.63) is 25.0 Å². The van der Waals surface area contributed by atoms with Crippen molar-refractivity contribution < 1.29 is 4.79 Å². The minimum absolute atomic E-state index is 0.0639. The molecule has 0 saturated carbocycles. The Bertz CT molecular complexity index is 523. The summed E-state index contributed by atoms with van der Waals surface area (Å²) < 4.78 is 3.48. The second kappa shape index (κ2) is 6.37. The predicted molar refractivity (Wildman–Crippen MR) is 71.7 cm³/mol. The molecule has 0 radical (unpaired) electrons. The molecule has 1 atom stereocenters. The van der Waals surface area contributed by atoms with E-state index in [-0.39, 0.29) is 11.9 Å². The highest BCUT2D eigenvalue weighted by Crippen LogP contribution is 2.13. The maximum Gasteiger partial charge on any atom is 0.244 e. The fourth-order valence-corrected chi connectivity index (χ4v) is 2.28. The summed E-state index contributed by atoms with van der Waals surface area (Å²) in [6.07, 6.45) is 6.61. The molecular formula is C11H16N6OS. The van der Waals surface area contributed by atoms with E-state index in [9.17, 15) is 4.79 Å². The average molecular weight is 280 g/mol. The first-order valence-electron chi connectivity index (χ1n) is 5.90. The minimum atomic E-state index is -0.347. The fourth-order valence-electron chi connectivity index (χ4n) is 1.49. The van der Waals surface area contributed by atoms with E-state index >= 15 is 0 Å². The SMILES string of the molecule is C[C@@H](C(=O)NCCSc1nccn1C)n1cncn1. The number of carbonyl (C=O) groups is 1. The second-order valence-electron chi connectivity index (χ2n) is 4.01. The number of aryl methyl sites for hydroxylation is 1. The van der Waals surface area contributed by atoms with Gasteiger partial charge in [-0.05, 0) is 6.92 Å². The Morgan fingerprint density at radius 2 is 2.42 bits per heavy atom. The number of nitrogens with one attached hydrogen (secondary N) is 1. The smallest absolute Gasteiger partial charge is 0.244 e. The Balaban J connectivity index is 1.71. The third kappa shape index (κ3) is 3.57. The first-order valence-corrected chi connectivity index (χ1v) is 6.89. The molecule has 2 aromatic heterocycles. The molecule has 0 saturated heterocycles. The molecule has 0 aromatic carbocycles. The maximum absolute atomic E-state index is 11.8. The van der Waals surface area contributed by atoms with Crippen LogP contribution in [0.15, 0.2) is 30.2 Å². The molecule has 7 nitrogen and oxygen atoms in total. The Hall–Kier alpha value is -1.83. The van der Waals surface area contributed by atoms with Crippen molar-refractivity contribution in [1.82, 2.24) is 29.6 Å². The van der Waals surface area contributed by atoms with Gasteiger partial charge in [0.2, 0.25) is 5.91 Å². The molecule has 19 heavy (non-hydrogen) atoms. The minimum Gasteiger partial charge on any atom is -0.353 e. The summed E-state index contributed by atoms with van der Waals surface area (Å²) >= 11 is 1.61. The molecule has 0 unspecified atom stereocenters. The van der Waals surface area contributed by atoms with Gasteiger partial charge in [0.1, 0.15) is 18.7 Å². The number of imidazole rings is 1. The van der Waals surface area contributed by atoms with Gasteiger partial charge in [0.15, 0.2) is 5.16 Å². The van der Waals surface area contributed by atoms with E-state index in [1.165, 1.54) is 17.3 Å². The summed E-state index contributed by atoms with van der Waals surface area (Å²) in [7, 11) is 1.95. The van der Waals surface area contributed by atoms with Gasteiger partial charge in [0.25, 0.3) is 0 Å². The molecule has 8 heteroatoms. The molecule has 2 aromatic rings. The Morgan fingerprint density at radius 1 is 1.58 bits per heavy atom. The van der Waals surface area contributed by atoms with E-state index in [0.29, 0.717) is 6.54 Å². The van der Waals surface area contributed by atoms with Crippen molar-refractivity contribution in [3.63, 3.8) is 0 Å². The van der Waals surface area contributed by atoms with Crippen LogP contribution in [0.2, 0.25) is 0 Å². The summed E-state index contributed by atoms with van der Waals surface area (Å²) in [6.45, 7) is 2.38. The lowest BCUT2D eigenvalue weighted by Crippen LogP contribution is -2.32. The Kier molecular flexibility index (Phi) is 4.56. The molecule has 1 amide bonds. The quantitative estimate of drug-likeness (QED) is 0.615. The largest absolute Gasteiger partial charge is 0.353 e. The van der Waals surface area contributed by atoms with Crippen molar-refractivity contribution in [3.8, 4) is 0 Å². The number of nitrogens with zero attached hydrogens (tertiary/aromatic N) is 5. The van der Waals surface area contributed by atoms with Gasteiger partial charge in [-0.25, -0.2) is 14.6 Å². The van der Waals surface area contributed by atoms with Crippen LogP contribution in [0.5, 0.6) is 0 Å². The van der Waals surface area contributed by atoms with Crippen LogP contribution in [0, 0.1) is 0 Å². The highest BCUT2D eigenvalue weighted by atomic mass is 32.2. The maximum atomic E-state index is 11.8. The molecule has 0 fully saturated rings. The van der Waals surface area contributed by atoms with Crippen LogP contribution in [0.3, 0.4) is 0 Å². The van der Waals surface area contributed by atoms with Gasteiger partial charge in [-0.1, -0.05) is 11.8 Å². The van der Waals surface area contributed by atoms with Gasteiger partial charge < -0.3 is 9.88 Å². The van der Waals surface area contributed by atoms with Crippen LogP contribution < -0.4 is 5.32 Å². The summed E-state index contributed by atoms with van der Waals surface area (Å²) in [5.74, 6) is 0.714. The van der Waals surface area contributed by atoms with Crippen molar-refractivity contribution in [2.75, 3.05) is 12.3 Å². The topological polar surface area (TPSA) is 77.6 Å². The van der Waals surface area contributed by atoms with E-state index in [1.54, 1.807) is 24.9 Å². The number of hydrogen-bond donors (Lipinski definition) is 1. The fraction of sp³-hybridized carbons (Fsp3) is 0.455. The molecular weight excluding hydrogens is 264 g/mol. The lowest BCUT2D eigenvalue weighted by Gasteiger charge is -2.11. The molecule has 1 N–H and O–H groups in total. The van der Waals surface area contributed by atoms with Crippen molar-refractivity contribution in [2.24, 2.45) is 7.05 Å². The lowest BCUT2D eigenvalue weighted by atomic mass is 10.3. The molecule has 0 aliphatic carbocycles. The standard InChI is InChI=1S/C11H16N6OS/c1-9(17-8-12-7-15-17)10(18)13-4-6-19-11-14-3-5-16(11)2/h3,5,7-9H,4,6H2,1-2H3,(H,13,18)/t9-/m0/s1. The zero-order valence-corrected chi connectivity index (χ0v) is 11.7. The second-order valence-corrected chi connectivity index (χ2v) is 5.07. The molecule has 0 aliphatic rings. The Labute approximate surface area is 115 Å². The zero-order valence-electron chi connectivity index (χ0n) is 10.9. The third-order valence-corrected chi connectivity index (χ3v) is 3.68. The molecule has 2 rings (SSSR count). The van der Waals surface area contributed by atoms with Crippen molar-refractivity contribution in [1.29, 1.82) is 0 Å². The summed E-state index contributed by atoms with van der Waals surface area (Å²) in [6, 6.07) is -0.347. The molecule has 0 bridgehead atoms. The van der Waals surface area contributed by atoms with Crippen molar-refractivity contribution >= 4 is 17.7 Å². The van der Waals surface area contributed by atoms with Gasteiger partial charge in [0, 0.05) is 31.7 Å². The number of rotatable bonds is 6. The average Bonchev–Trinajstić information content (AvgIpc) is 3.05.